The summed E-state index contributed by atoms with van der Waals surface area (Å²) in [4.78, 5) is 1.69. The molecule has 0 aliphatic heterocycles. The second-order valence-corrected chi connectivity index (χ2v) is 6.66. The van der Waals surface area contributed by atoms with Crippen LogP contribution < -0.4 is 4.90 Å². The van der Waals surface area contributed by atoms with Crippen molar-refractivity contribution in [3.8, 4) is 0 Å². The zero-order valence-corrected chi connectivity index (χ0v) is 13.2. The van der Waals surface area contributed by atoms with E-state index in [1.807, 2.05) is 43.3 Å². The summed E-state index contributed by atoms with van der Waals surface area (Å²) in [5.41, 5.74) is 3.06. The summed E-state index contributed by atoms with van der Waals surface area (Å²) in [6.45, 7) is 1.91. The number of nitrogens with zero attached hydrogens (tertiary/aromatic N) is 1. The molecule has 2 aromatic carbocycles. The van der Waals surface area contributed by atoms with E-state index >= 15 is 0 Å². The molecule has 0 aliphatic carbocycles. The Kier molecular flexibility index (Phi) is 4.34. The smallest absolute Gasteiger partial charge is 0.296 e. The molecule has 1 N–H and O–H groups in total. The molecular weight excluding hydrogens is 286 g/mol. The van der Waals surface area contributed by atoms with Crippen molar-refractivity contribution >= 4 is 15.8 Å². The van der Waals surface area contributed by atoms with Gasteiger partial charge in [-0.05, 0) is 36.1 Å². The van der Waals surface area contributed by atoms with Crippen molar-refractivity contribution in [1.82, 2.24) is 0 Å². The van der Waals surface area contributed by atoms with Crippen LogP contribution in [-0.4, -0.2) is 27.1 Å². The molecule has 0 radical (unpaired) electrons. The first-order valence-electron chi connectivity index (χ1n) is 6.61. The van der Waals surface area contributed by atoms with E-state index in [9.17, 15) is 13.0 Å². The molecule has 21 heavy (non-hydrogen) atoms. The summed E-state index contributed by atoms with van der Waals surface area (Å²) in [6.07, 6.45) is 0.457. The van der Waals surface area contributed by atoms with E-state index in [-0.39, 0.29) is 4.90 Å². The number of aryl methyl sites for hydroxylation is 1. The van der Waals surface area contributed by atoms with Crippen LogP contribution >= 0.6 is 0 Å². The van der Waals surface area contributed by atoms with Crippen LogP contribution in [0.5, 0.6) is 0 Å². The number of anilines is 1. The van der Waals surface area contributed by atoms with Gasteiger partial charge >= 0.3 is 0 Å². The van der Waals surface area contributed by atoms with Gasteiger partial charge in [0.25, 0.3) is 10.1 Å². The summed E-state index contributed by atoms with van der Waals surface area (Å²) in [5, 5.41) is 0. The molecule has 0 saturated heterocycles. The van der Waals surface area contributed by atoms with Crippen LogP contribution in [0, 0.1) is 6.92 Å². The third-order valence-corrected chi connectivity index (χ3v) is 4.25. The molecule has 0 bridgehead atoms. The van der Waals surface area contributed by atoms with Crippen LogP contribution in [0.15, 0.2) is 47.4 Å². The summed E-state index contributed by atoms with van der Waals surface area (Å²) >= 11 is 0. The molecule has 0 unspecified atom stereocenters. The molecule has 5 heteroatoms. The van der Waals surface area contributed by atoms with Gasteiger partial charge in [-0.15, -0.1) is 0 Å². The van der Waals surface area contributed by atoms with E-state index in [2.05, 4.69) is 0 Å². The van der Waals surface area contributed by atoms with Gasteiger partial charge in [-0.3, -0.25) is 4.55 Å². The first-order chi connectivity index (χ1) is 9.79. The summed E-state index contributed by atoms with van der Waals surface area (Å²) < 4.78 is 33.2. The summed E-state index contributed by atoms with van der Waals surface area (Å²) in [6, 6.07) is 13.2. The largest absolute Gasteiger partial charge is 0.377 e. The van der Waals surface area contributed by atoms with E-state index in [1.165, 1.54) is 0 Å². The van der Waals surface area contributed by atoms with Gasteiger partial charge < -0.3 is 4.90 Å². The van der Waals surface area contributed by atoms with Gasteiger partial charge in [-0.2, -0.15) is 8.42 Å². The third-order valence-electron chi connectivity index (χ3n) is 3.27. The molecule has 0 atom stereocenters. The average molecular weight is 305 g/mol. The minimum absolute atomic E-state index is 0.0121. The van der Waals surface area contributed by atoms with Crippen LogP contribution in [0.1, 0.15) is 16.7 Å². The molecule has 0 amide bonds. The predicted octanol–water partition coefficient (Wildman–Crippen LogP) is 2.90. The van der Waals surface area contributed by atoms with Crippen LogP contribution in [-0.2, 0) is 16.5 Å². The SMILES string of the molecule is Cc1cc(Cc2ccccc2)c(S(=O)(=O)O)c(N(C)C)c1. The van der Waals surface area contributed by atoms with Crippen molar-refractivity contribution in [3.05, 3.63) is 59.2 Å². The zero-order chi connectivity index (χ0) is 15.6. The zero-order valence-electron chi connectivity index (χ0n) is 12.4. The first kappa shape index (κ1) is 15.5. The van der Waals surface area contributed by atoms with Crippen LogP contribution in [0.25, 0.3) is 0 Å². The van der Waals surface area contributed by atoms with Crippen LogP contribution in [0.2, 0.25) is 0 Å². The maximum Gasteiger partial charge on any atom is 0.296 e. The fourth-order valence-electron chi connectivity index (χ4n) is 2.40. The lowest BCUT2D eigenvalue weighted by atomic mass is 10.0. The quantitative estimate of drug-likeness (QED) is 0.882. The van der Waals surface area contributed by atoms with Crippen molar-refractivity contribution in [2.45, 2.75) is 18.2 Å². The number of rotatable bonds is 4. The van der Waals surface area contributed by atoms with E-state index in [0.717, 1.165) is 11.1 Å². The Morgan fingerprint density at radius 3 is 2.24 bits per heavy atom. The lowest BCUT2D eigenvalue weighted by Gasteiger charge is -2.20. The summed E-state index contributed by atoms with van der Waals surface area (Å²) in [7, 11) is -0.768. The van der Waals surface area contributed by atoms with Gasteiger partial charge in [-0.25, -0.2) is 0 Å². The van der Waals surface area contributed by atoms with Gasteiger partial charge in [0.1, 0.15) is 4.90 Å². The molecule has 112 valence electrons. The van der Waals surface area contributed by atoms with Gasteiger partial charge in [-0.1, -0.05) is 36.4 Å². The second kappa shape index (κ2) is 5.87. The maximum absolute atomic E-state index is 11.8. The average Bonchev–Trinajstić information content (AvgIpc) is 2.37. The molecule has 0 fully saturated rings. The molecule has 4 nitrogen and oxygen atoms in total. The lowest BCUT2D eigenvalue weighted by Crippen LogP contribution is -2.16. The Bertz CT molecular complexity index is 738. The molecule has 0 spiro atoms. The predicted molar refractivity (Wildman–Crippen MR) is 84.6 cm³/mol. The second-order valence-electron chi connectivity index (χ2n) is 5.30. The Morgan fingerprint density at radius 1 is 1.10 bits per heavy atom. The number of hydrogen-bond donors (Lipinski definition) is 1. The third kappa shape index (κ3) is 3.62. The molecule has 2 rings (SSSR count). The molecule has 0 heterocycles. The maximum atomic E-state index is 11.8. The molecule has 0 aromatic heterocycles. The van der Waals surface area contributed by atoms with E-state index in [0.29, 0.717) is 17.7 Å². The Balaban J connectivity index is 2.64. The van der Waals surface area contributed by atoms with Crippen molar-refractivity contribution in [3.63, 3.8) is 0 Å². The van der Waals surface area contributed by atoms with E-state index in [1.54, 1.807) is 25.1 Å². The van der Waals surface area contributed by atoms with Crippen LogP contribution in [0.3, 0.4) is 0 Å². The molecule has 0 aliphatic rings. The molecule has 0 saturated carbocycles. The number of hydrogen-bond acceptors (Lipinski definition) is 3. The highest BCUT2D eigenvalue weighted by atomic mass is 32.2. The van der Waals surface area contributed by atoms with Crippen molar-refractivity contribution in [2.75, 3.05) is 19.0 Å². The Labute approximate surface area is 125 Å². The van der Waals surface area contributed by atoms with E-state index < -0.39 is 10.1 Å². The van der Waals surface area contributed by atoms with E-state index in [4.69, 9.17) is 0 Å². The van der Waals surface area contributed by atoms with Gasteiger partial charge in [0, 0.05) is 14.1 Å². The highest BCUT2D eigenvalue weighted by molar-refractivity contribution is 7.86. The molecule has 2 aromatic rings. The van der Waals surface area contributed by atoms with Crippen molar-refractivity contribution in [2.24, 2.45) is 0 Å². The van der Waals surface area contributed by atoms with Gasteiger partial charge in [0.05, 0.1) is 5.69 Å². The van der Waals surface area contributed by atoms with Crippen molar-refractivity contribution < 1.29 is 13.0 Å². The fraction of sp³-hybridized carbons (Fsp3) is 0.250. The van der Waals surface area contributed by atoms with Crippen molar-refractivity contribution in [1.29, 1.82) is 0 Å². The standard InChI is InChI=1S/C16H19NO3S/c1-12-9-14(11-13-7-5-4-6-8-13)16(21(18,19)20)15(10-12)17(2)3/h4-10H,11H2,1-3H3,(H,18,19,20). The minimum atomic E-state index is -4.29. The molecular formula is C16H19NO3S. The topological polar surface area (TPSA) is 57.6 Å². The Hall–Kier alpha value is -1.85. The lowest BCUT2D eigenvalue weighted by molar-refractivity contribution is 0.482. The highest BCUT2D eigenvalue weighted by Crippen LogP contribution is 2.30. The monoisotopic (exact) mass is 305 g/mol. The minimum Gasteiger partial charge on any atom is -0.377 e. The number of benzene rings is 2. The fourth-order valence-corrected chi connectivity index (χ4v) is 3.37. The van der Waals surface area contributed by atoms with Gasteiger partial charge in [0.15, 0.2) is 0 Å². The van der Waals surface area contributed by atoms with Crippen LogP contribution in [0.4, 0.5) is 5.69 Å². The Morgan fingerprint density at radius 2 is 1.71 bits per heavy atom. The first-order valence-corrected chi connectivity index (χ1v) is 8.05. The highest BCUT2D eigenvalue weighted by Gasteiger charge is 2.22. The normalized spacial score (nSPS) is 11.4. The summed E-state index contributed by atoms with van der Waals surface area (Å²) in [5.74, 6) is 0. The van der Waals surface area contributed by atoms with Gasteiger partial charge in [0.2, 0.25) is 0 Å².